The van der Waals surface area contributed by atoms with Crippen LogP contribution in [0.4, 0.5) is 0 Å². The first-order valence-electron chi connectivity index (χ1n) is 5.41. The molecule has 0 atom stereocenters. The summed E-state index contributed by atoms with van der Waals surface area (Å²) >= 11 is 1.95. The molecule has 2 fully saturated rings. The molecule has 0 spiro atoms. The molecule has 1 N–H and O–H groups in total. The molecule has 2 rings (SSSR count). The lowest BCUT2D eigenvalue weighted by Crippen LogP contribution is -2.44. The van der Waals surface area contributed by atoms with Crippen molar-refractivity contribution in [3.8, 4) is 0 Å². The van der Waals surface area contributed by atoms with Gasteiger partial charge >= 0.3 is 0 Å². The highest BCUT2D eigenvalue weighted by atomic mass is 32.2. The quantitative estimate of drug-likeness (QED) is 0.699. The fourth-order valence-electron chi connectivity index (χ4n) is 2.09. The number of carbonyl (C=O) groups is 2. The molecule has 2 aliphatic heterocycles. The Hall–Kier alpha value is -0.710. The van der Waals surface area contributed by atoms with Gasteiger partial charge in [0.05, 0.1) is 6.54 Å². The van der Waals surface area contributed by atoms with Gasteiger partial charge in [-0.2, -0.15) is 11.8 Å². The van der Waals surface area contributed by atoms with Crippen LogP contribution >= 0.6 is 11.8 Å². The zero-order valence-corrected chi connectivity index (χ0v) is 9.52. The minimum absolute atomic E-state index is 0.00367. The Kier molecular flexibility index (Phi) is 3.51. The van der Waals surface area contributed by atoms with E-state index in [-0.39, 0.29) is 18.4 Å². The molecular formula is C10H16N2O2S. The monoisotopic (exact) mass is 228 g/mol. The van der Waals surface area contributed by atoms with Crippen LogP contribution in [0.3, 0.4) is 0 Å². The lowest BCUT2D eigenvalue weighted by molar-refractivity contribution is -0.132. The smallest absolute Gasteiger partial charge is 0.242 e. The van der Waals surface area contributed by atoms with Crippen molar-refractivity contribution in [2.24, 2.45) is 0 Å². The van der Waals surface area contributed by atoms with Gasteiger partial charge in [-0.05, 0) is 24.3 Å². The first-order chi connectivity index (χ1) is 7.27. The Balaban J connectivity index is 1.99. The van der Waals surface area contributed by atoms with E-state index in [4.69, 9.17) is 0 Å². The Morgan fingerprint density at radius 3 is 2.73 bits per heavy atom. The van der Waals surface area contributed by atoms with Crippen LogP contribution in [-0.4, -0.2) is 47.4 Å². The molecule has 5 heteroatoms. The molecule has 0 radical (unpaired) electrons. The molecule has 2 aliphatic rings. The van der Waals surface area contributed by atoms with Crippen LogP contribution in [0.1, 0.15) is 19.3 Å². The fraction of sp³-hybridized carbons (Fsp3) is 0.800. The average molecular weight is 228 g/mol. The summed E-state index contributed by atoms with van der Waals surface area (Å²) in [6.07, 6.45) is 2.60. The van der Waals surface area contributed by atoms with Crippen molar-refractivity contribution in [2.75, 3.05) is 24.6 Å². The molecule has 84 valence electrons. The summed E-state index contributed by atoms with van der Waals surface area (Å²) in [5.41, 5.74) is 0. The van der Waals surface area contributed by atoms with Crippen molar-refractivity contribution in [3.63, 3.8) is 0 Å². The van der Waals surface area contributed by atoms with E-state index in [1.165, 1.54) is 0 Å². The number of hydrogen-bond acceptors (Lipinski definition) is 3. The summed E-state index contributed by atoms with van der Waals surface area (Å²) < 4.78 is 0. The van der Waals surface area contributed by atoms with Gasteiger partial charge in [0.2, 0.25) is 11.8 Å². The SMILES string of the molecule is O=C1CCN(C2CCSCC2)C(=O)CN1. The van der Waals surface area contributed by atoms with E-state index in [0.29, 0.717) is 19.0 Å². The maximum Gasteiger partial charge on any atom is 0.242 e. The summed E-state index contributed by atoms with van der Waals surface area (Å²) in [4.78, 5) is 24.8. The third kappa shape index (κ3) is 2.65. The first-order valence-corrected chi connectivity index (χ1v) is 6.57. The van der Waals surface area contributed by atoms with Gasteiger partial charge in [0.25, 0.3) is 0 Å². The Bertz CT molecular complexity index is 264. The normalized spacial score (nSPS) is 24.9. The summed E-state index contributed by atoms with van der Waals surface area (Å²) in [7, 11) is 0. The third-order valence-corrected chi connectivity index (χ3v) is 4.02. The number of nitrogens with zero attached hydrogens (tertiary/aromatic N) is 1. The van der Waals surface area contributed by atoms with Gasteiger partial charge < -0.3 is 10.2 Å². The zero-order valence-electron chi connectivity index (χ0n) is 8.70. The number of amides is 2. The summed E-state index contributed by atoms with van der Waals surface area (Å²) in [5.74, 6) is 2.35. The Morgan fingerprint density at radius 2 is 2.00 bits per heavy atom. The van der Waals surface area contributed by atoms with Crippen LogP contribution in [0.25, 0.3) is 0 Å². The van der Waals surface area contributed by atoms with Crippen molar-refractivity contribution in [1.82, 2.24) is 10.2 Å². The molecule has 0 aliphatic carbocycles. The van der Waals surface area contributed by atoms with Crippen molar-refractivity contribution in [1.29, 1.82) is 0 Å². The van der Waals surface area contributed by atoms with E-state index in [1.807, 2.05) is 16.7 Å². The second-order valence-electron chi connectivity index (χ2n) is 3.96. The second kappa shape index (κ2) is 4.88. The third-order valence-electron chi connectivity index (χ3n) is 2.97. The van der Waals surface area contributed by atoms with Gasteiger partial charge in [-0.1, -0.05) is 0 Å². The lowest BCUT2D eigenvalue weighted by atomic mass is 10.1. The molecule has 0 saturated carbocycles. The maximum absolute atomic E-state index is 11.8. The van der Waals surface area contributed by atoms with E-state index < -0.39 is 0 Å². The van der Waals surface area contributed by atoms with Crippen LogP contribution in [0.15, 0.2) is 0 Å². The van der Waals surface area contributed by atoms with Crippen molar-refractivity contribution in [2.45, 2.75) is 25.3 Å². The van der Waals surface area contributed by atoms with E-state index in [1.54, 1.807) is 0 Å². The summed E-state index contributed by atoms with van der Waals surface area (Å²) in [5, 5.41) is 2.63. The van der Waals surface area contributed by atoms with Gasteiger partial charge in [0, 0.05) is 19.0 Å². The van der Waals surface area contributed by atoms with Crippen LogP contribution in [-0.2, 0) is 9.59 Å². The highest BCUT2D eigenvalue weighted by molar-refractivity contribution is 7.99. The molecule has 4 nitrogen and oxygen atoms in total. The summed E-state index contributed by atoms with van der Waals surface area (Å²) in [6, 6.07) is 0.367. The van der Waals surface area contributed by atoms with E-state index in [0.717, 1.165) is 24.3 Å². The molecule has 0 aromatic carbocycles. The largest absolute Gasteiger partial charge is 0.347 e. The topological polar surface area (TPSA) is 49.4 Å². The fourth-order valence-corrected chi connectivity index (χ4v) is 3.18. The van der Waals surface area contributed by atoms with Gasteiger partial charge in [-0.3, -0.25) is 9.59 Å². The molecule has 0 bridgehead atoms. The van der Waals surface area contributed by atoms with E-state index in [2.05, 4.69) is 5.32 Å². The van der Waals surface area contributed by atoms with Gasteiger partial charge in [0.15, 0.2) is 0 Å². The van der Waals surface area contributed by atoms with Crippen LogP contribution in [0.2, 0.25) is 0 Å². The van der Waals surface area contributed by atoms with Crippen LogP contribution in [0.5, 0.6) is 0 Å². The minimum Gasteiger partial charge on any atom is -0.347 e. The number of thioether (sulfide) groups is 1. The van der Waals surface area contributed by atoms with Crippen molar-refractivity contribution >= 4 is 23.6 Å². The second-order valence-corrected chi connectivity index (χ2v) is 5.18. The molecule has 0 aromatic heterocycles. The predicted octanol–water partition coefficient (Wildman–Crippen LogP) is 0.230. The van der Waals surface area contributed by atoms with E-state index >= 15 is 0 Å². The highest BCUT2D eigenvalue weighted by Gasteiger charge is 2.27. The van der Waals surface area contributed by atoms with Crippen LogP contribution in [0, 0.1) is 0 Å². The Morgan fingerprint density at radius 1 is 1.27 bits per heavy atom. The first kappa shape index (κ1) is 10.8. The van der Waals surface area contributed by atoms with Crippen molar-refractivity contribution in [3.05, 3.63) is 0 Å². The van der Waals surface area contributed by atoms with Gasteiger partial charge in [-0.25, -0.2) is 0 Å². The van der Waals surface area contributed by atoms with E-state index in [9.17, 15) is 9.59 Å². The molecule has 15 heavy (non-hydrogen) atoms. The predicted molar refractivity (Wildman–Crippen MR) is 59.7 cm³/mol. The number of nitrogens with one attached hydrogen (secondary N) is 1. The average Bonchev–Trinajstić information content (AvgIpc) is 2.43. The lowest BCUT2D eigenvalue weighted by Gasteiger charge is -2.32. The molecule has 2 amide bonds. The number of carbonyl (C=O) groups excluding carboxylic acids is 2. The summed E-state index contributed by atoms with van der Waals surface area (Å²) in [6.45, 7) is 0.780. The molecule has 0 unspecified atom stereocenters. The molecule has 2 saturated heterocycles. The number of hydrogen-bond donors (Lipinski definition) is 1. The number of rotatable bonds is 1. The standard InChI is InChI=1S/C10H16N2O2S/c13-9-1-4-12(10(14)7-11-9)8-2-5-15-6-3-8/h8H,1-7H2,(H,11,13). The maximum atomic E-state index is 11.8. The van der Waals surface area contributed by atoms with Crippen LogP contribution < -0.4 is 5.32 Å². The minimum atomic E-state index is -0.00367. The molecule has 2 heterocycles. The van der Waals surface area contributed by atoms with Crippen molar-refractivity contribution < 1.29 is 9.59 Å². The Labute approximate surface area is 93.8 Å². The molecular weight excluding hydrogens is 212 g/mol. The highest BCUT2D eigenvalue weighted by Crippen LogP contribution is 2.22. The zero-order chi connectivity index (χ0) is 10.7. The molecule has 0 aromatic rings. The van der Waals surface area contributed by atoms with Gasteiger partial charge in [0.1, 0.15) is 0 Å². The van der Waals surface area contributed by atoms with Gasteiger partial charge in [-0.15, -0.1) is 0 Å².